The summed E-state index contributed by atoms with van der Waals surface area (Å²) in [5.74, 6) is 1.19. The lowest BCUT2D eigenvalue weighted by Crippen LogP contribution is -2.51. The molecule has 0 saturated heterocycles. The number of nitrogens with one attached hydrogen (secondary N) is 1. The molecule has 2 atom stereocenters. The molecule has 0 spiro atoms. The summed E-state index contributed by atoms with van der Waals surface area (Å²) in [6, 6.07) is 0.0133. The van der Waals surface area contributed by atoms with E-state index >= 15 is 0 Å². The fraction of sp³-hybridized carbons (Fsp3) is 0.625. The molecule has 3 aliphatic rings. The number of ether oxygens (including phenoxy) is 1. The summed E-state index contributed by atoms with van der Waals surface area (Å²) < 4.78 is 6.74. The van der Waals surface area contributed by atoms with Gasteiger partial charge in [-0.05, 0) is 49.1 Å². The summed E-state index contributed by atoms with van der Waals surface area (Å²) >= 11 is 6.08. The number of nitrogens with zero attached hydrogens (tertiary/aromatic N) is 4. The van der Waals surface area contributed by atoms with E-state index in [0.29, 0.717) is 23.3 Å². The first-order chi connectivity index (χ1) is 11.6. The van der Waals surface area contributed by atoms with Crippen LogP contribution in [0.2, 0.25) is 5.28 Å². The number of carbonyl (C=O) groups is 1. The summed E-state index contributed by atoms with van der Waals surface area (Å²) in [6.07, 6.45) is 6.17. The largest absolute Gasteiger partial charge is 0.469 e. The van der Waals surface area contributed by atoms with Crippen molar-refractivity contribution in [2.45, 2.75) is 31.7 Å². The van der Waals surface area contributed by atoms with Gasteiger partial charge in [-0.3, -0.25) is 9.48 Å². The van der Waals surface area contributed by atoms with Crippen molar-refractivity contribution in [2.24, 2.45) is 24.8 Å². The van der Waals surface area contributed by atoms with Crippen molar-refractivity contribution in [1.82, 2.24) is 19.7 Å². The Morgan fingerprint density at radius 3 is 2.71 bits per heavy atom. The molecule has 2 bridgehead atoms. The lowest BCUT2D eigenvalue weighted by atomic mass is 9.61. The number of esters is 1. The molecule has 0 aliphatic heterocycles. The number of rotatable bonds is 3. The lowest BCUT2D eigenvalue weighted by molar-refractivity contribution is -0.152. The second-order valence-corrected chi connectivity index (χ2v) is 7.08. The van der Waals surface area contributed by atoms with E-state index in [1.807, 2.05) is 7.05 Å². The van der Waals surface area contributed by atoms with Gasteiger partial charge in [0.05, 0.1) is 24.6 Å². The van der Waals surface area contributed by atoms with E-state index in [4.69, 9.17) is 16.3 Å². The van der Waals surface area contributed by atoms with Crippen LogP contribution in [0.3, 0.4) is 0 Å². The molecule has 0 unspecified atom stereocenters. The van der Waals surface area contributed by atoms with E-state index in [0.717, 1.165) is 31.1 Å². The molecule has 3 saturated carbocycles. The molecular weight excluding hydrogens is 330 g/mol. The zero-order chi connectivity index (χ0) is 16.8. The lowest BCUT2D eigenvalue weighted by Gasteiger charge is -2.47. The van der Waals surface area contributed by atoms with Gasteiger partial charge in [0.2, 0.25) is 5.28 Å². The van der Waals surface area contributed by atoms with Crippen molar-refractivity contribution in [1.29, 1.82) is 0 Å². The van der Waals surface area contributed by atoms with E-state index in [1.165, 1.54) is 7.11 Å². The second-order valence-electron chi connectivity index (χ2n) is 6.74. The van der Waals surface area contributed by atoms with Crippen molar-refractivity contribution in [2.75, 3.05) is 12.4 Å². The van der Waals surface area contributed by atoms with Crippen LogP contribution >= 0.6 is 11.6 Å². The maximum Gasteiger partial charge on any atom is 0.311 e. The van der Waals surface area contributed by atoms with E-state index in [-0.39, 0.29) is 23.2 Å². The molecule has 0 amide bonds. The Labute approximate surface area is 144 Å². The molecule has 7 nitrogen and oxygen atoms in total. The number of hydrogen-bond donors (Lipinski definition) is 1. The van der Waals surface area contributed by atoms with Gasteiger partial charge in [0.1, 0.15) is 5.82 Å². The number of hydrogen-bond acceptors (Lipinski definition) is 6. The summed E-state index contributed by atoms with van der Waals surface area (Å²) in [4.78, 5) is 20.9. The molecule has 8 heteroatoms. The number of anilines is 1. The van der Waals surface area contributed by atoms with Crippen molar-refractivity contribution in [3.63, 3.8) is 0 Å². The fourth-order valence-electron chi connectivity index (χ4n) is 4.40. The smallest absolute Gasteiger partial charge is 0.311 e. The molecule has 3 fully saturated rings. The van der Waals surface area contributed by atoms with Gasteiger partial charge in [0.25, 0.3) is 0 Å². The highest BCUT2D eigenvalue weighted by molar-refractivity contribution is 6.28. The van der Waals surface area contributed by atoms with Gasteiger partial charge in [-0.1, -0.05) is 0 Å². The van der Waals surface area contributed by atoms with Crippen LogP contribution in [-0.2, 0) is 16.6 Å². The maximum absolute atomic E-state index is 12.4. The zero-order valence-electron chi connectivity index (χ0n) is 13.7. The minimum Gasteiger partial charge on any atom is -0.469 e. The maximum atomic E-state index is 12.4. The van der Waals surface area contributed by atoms with E-state index < -0.39 is 0 Å². The van der Waals surface area contributed by atoms with Crippen molar-refractivity contribution < 1.29 is 9.53 Å². The molecule has 24 heavy (non-hydrogen) atoms. The highest BCUT2D eigenvalue weighted by Crippen LogP contribution is 2.47. The molecule has 0 radical (unpaired) electrons. The summed E-state index contributed by atoms with van der Waals surface area (Å²) in [6.45, 7) is 0. The Balaban J connectivity index is 1.72. The first kappa shape index (κ1) is 15.6. The molecule has 128 valence electrons. The minimum atomic E-state index is -0.136. The molecule has 2 aromatic heterocycles. The molecule has 0 aromatic carbocycles. The third kappa shape index (κ3) is 2.42. The number of aromatic nitrogens is 4. The highest BCUT2D eigenvalue weighted by atomic mass is 35.5. The number of methoxy groups -OCH3 is 1. The number of fused-ring (bicyclic) bond motifs is 4. The van der Waals surface area contributed by atoms with E-state index in [2.05, 4.69) is 20.4 Å². The van der Waals surface area contributed by atoms with Crippen LogP contribution in [0.25, 0.3) is 11.0 Å². The van der Waals surface area contributed by atoms with Gasteiger partial charge in [0.15, 0.2) is 5.65 Å². The Morgan fingerprint density at radius 2 is 2.00 bits per heavy atom. The third-order valence-corrected chi connectivity index (χ3v) is 5.73. The molecule has 1 N–H and O–H groups in total. The summed E-state index contributed by atoms with van der Waals surface area (Å²) in [7, 11) is 3.28. The van der Waals surface area contributed by atoms with Crippen LogP contribution in [-0.4, -0.2) is 38.9 Å². The van der Waals surface area contributed by atoms with E-state index in [9.17, 15) is 4.79 Å². The second kappa shape index (κ2) is 5.88. The average Bonchev–Trinajstić information content (AvgIpc) is 2.96. The van der Waals surface area contributed by atoms with Crippen LogP contribution < -0.4 is 5.32 Å². The predicted molar refractivity (Wildman–Crippen MR) is 89.7 cm³/mol. The van der Waals surface area contributed by atoms with Gasteiger partial charge < -0.3 is 10.1 Å². The third-order valence-electron chi connectivity index (χ3n) is 5.56. The van der Waals surface area contributed by atoms with Gasteiger partial charge in [0, 0.05) is 13.1 Å². The topological polar surface area (TPSA) is 81.9 Å². The quantitative estimate of drug-likeness (QED) is 0.677. The normalized spacial score (nSPS) is 29.0. The Morgan fingerprint density at radius 1 is 1.29 bits per heavy atom. The Bertz CT molecular complexity index is 784. The number of carbonyl (C=O) groups excluding carboxylic acids is 1. The predicted octanol–water partition coefficient (Wildman–Crippen LogP) is 2.41. The zero-order valence-corrected chi connectivity index (χ0v) is 14.5. The molecule has 2 heterocycles. The van der Waals surface area contributed by atoms with Crippen LogP contribution in [0.5, 0.6) is 0 Å². The van der Waals surface area contributed by atoms with Crippen LogP contribution in [0.1, 0.15) is 25.7 Å². The van der Waals surface area contributed by atoms with Crippen LogP contribution in [0.15, 0.2) is 6.20 Å². The Hall–Kier alpha value is -1.89. The minimum absolute atomic E-state index is 0.0133. The molecular formula is C16H20ClN5O2. The van der Waals surface area contributed by atoms with Gasteiger partial charge in [-0.2, -0.15) is 15.1 Å². The number of halogens is 1. The number of aryl methyl sites for hydroxylation is 1. The van der Waals surface area contributed by atoms with Crippen molar-refractivity contribution >= 4 is 34.4 Å². The standard InChI is InChI=1S/C16H20ClN5O2/c1-22-14-10(7-18-22)13(20-16(17)21-14)19-12-9-5-3-8(4-6-9)11(12)15(23)24-2/h7-9,11-12H,3-6H2,1-2H3,(H,19,20,21)/t8?,9?,11-,12-/m0/s1. The van der Waals surface area contributed by atoms with Gasteiger partial charge >= 0.3 is 5.97 Å². The monoisotopic (exact) mass is 349 g/mol. The molecule has 2 aromatic rings. The molecule has 5 rings (SSSR count). The van der Waals surface area contributed by atoms with Crippen LogP contribution in [0, 0.1) is 17.8 Å². The SMILES string of the molecule is COC(=O)[C@H]1C2CCC(CC2)[C@@H]1Nc1nc(Cl)nc2c1cnn2C. The fourth-order valence-corrected chi connectivity index (χ4v) is 4.56. The van der Waals surface area contributed by atoms with Crippen molar-refractivity contribution in [3.8, 4) is 0 Å². The van der Waals surface area contributed by atoms with Crippen LogP contribution in [0.4, 0.5) is 5.82 Å². The first-order valence-electron chi connectivity index (χ1n) is 8.28. The van der Waals surface area contributed by atoms with Gasteiger partial charge in [-0.15, -0.1) is 0 Å². The first-order valence-corrected chi connectivity index (χ1v) is 8.66. The summed E-state index contributed by atoms with van der Waals surface area (Å²) in [5.41, 5.74) is 0.674. The average molecular weight is 350 g/mol. The van der Waals surface area contributed by atoms with E-state index in [1.54, 1.807) is 10.9 Å². The highest BCUT2D eigenvalue weighted by Gasteiger charge is 2.48. The Kier molecular flexibility index (Phi) is 3.83. The summed E-state index contributed by atoms with van der Waals surface area (Å²) in [5, 5.41) is 8.70. The molecule has 3 aliphatic carbocycles. The van der Waals surface area contributed by atoms with Gasteiger partial charge in [-0.25, -0.2) is 0 Å². The van der Waals surface area contributed by atoms with Crippen molar-refractivity contribution in [3.05, 3.63) is 11.5 Å².